The van der Waals surface area contributed by atoms with Crippen LogP contribution in [0.3, 0.4) is 0 Å². The summed E-state index contributed by atoms with van der Waals surface area (Å²) in [6, 6.07) is 4.87. The minimum Gasteiger partial charge on any atom is -0.482 e. The fourth-order valence-electron chi connectivity index (χ4n) is 2.09. The number of anilines is 2. The molecule has 0 spiro atoms. The molecular weight excluding hydrogens is 300 g/mol. The maximum Gasteiger partial charge on any atom is 0.313 e. The van der Waals surface area contributed by atoms with Gasteiger partial charge in [-0.25, -0.2) is 0 Å². The molecule has 1 aliphatic rings. The molecule has 8 heteroatoms. The average molecular weight is 320 g/mol. The van der Waals surface area contributed by atoms with Gasteiger partial charge in [0, 0.05) is 19.3 Å². The van der Waals surface area contributed by atoms with Crippen LogP contribution in [0.5, 0.6) is 5.75 Å². The number of amides is 3. The van der Waals surface area contributed by atoms with Crippen molar-refractivity contribution in [2.75, 3.05) is 44.0 Å². The van der Waals surface area contributed by atoms with Crippen LogP contribution in [0.1, 0.15) is 6.42 Å². The molecule has 23 heavy (non-hydrogen) atoms. The molecule has 1 aromatic carbocycles. The molecule has 0 aliphatic carbocycles. The van der Waals surface area contributed by atoms with E-state index in [9.17, 15) is 14.4 Å². The standard InChI is InChI=1S/C15H20N4O4/c1-16-6-3-7-17-14(21)15(22)18-10-4-5-12-11(8-10)19(2)13(20)9-23-12/h4-5,8,16H,3,6-7,9H2,1-2H3,(H,17,21)(H,18,22). The van der Waals surface area contributed by atoms with Gasteiger partial charge in [-0.1, -0.05) is 0 Å². The van der Waals surface area contributed by atoms with Crippen LogP contribution in [-0.4, -0.2) is 51.5 Å². The highest BCUT2D eigenvalue weighted by Gasteiger charge is 2.23. The van der Waals surface area contributed by atoms with Crippen molar-refractivity contribution in [3.05, 3.63) is 18.2 Å². The van der Waals surface area contributed by atoms with Gasteiger partial charge >= 0.3 is 11.8 Å². The van der Waals surface area contributed by atoms with Crippen LogP contribution < -0.4 is 25.6 Å². The Hall–Kier alpha value is -2.61. The minimum atomic E-state index is -0.750. The normalized spacial score (nSPS) is 13.1. The fourth-order valence-corrected chi connectivity index (χ4v) is 2.09. The Morgan fingerprint density at radius 1 is 1.26 bits per heavy atom. The van der Waals surface area contributed by atoms with Gasteiger partial charge in [-0.3, -0.25) is 14.4 Å². The zero-order valence-corrected chi connectivity index (χ0v) is 13.1. The third-order valence-corrected chi connectivity index (χ3v) is 3.40. The number of ether oxygens (including phenoxy) is 1. The van der Waals surface area contributed by atoms with Crippen LogP contribution in [0.4, 0.5) is 11.4 Å². The summed E-state index contributed by atoms with van der Waals surface area (Å²) in [5, 5.41) is 7.99. The van der Waals surface area contributed by atoms with E-state index in [4.69, 9.17) is 4.74 Å². The zero-order valence-electron chi connectivity index (χ0n) is 13.1. The van der Waals surface area contributed by atoms with Gasteiger partial charge in [0.2, 0.25) is 0 Å². The Balaban J connectivity index is 1.96. The van der Waals surface area contributed by atoms with Gasteiger partial charge in [-0.2, -0.15) is 0 Å². The number of carbonyl (C=O) groups is 3. The van der Waals surface area contributed by atoms with E-state index in [1.165, 1.54) is 4.90 Å². The second kappa shape index (κ2) is 7.59. The van der Waals surface area contributed by atoms with Crippen molar-refractivity contribution in [2.45, 2.75) is 6.42 Å². The van der Waals surface area contributed by atoms with Gasteiger partial charge in [0.15, 0.2) is 6.61 Å². The summed E-state index contributed by atoms with van der Waals surface area (Å²) in [5.41, 5.74) is 0.970. The summed E-state index contributed by atoms with van der Waals surface area (Å²) in [6.45, 7) is 1.17. The third-order valence-electron chi connectivity index (χ3n) is 3.40. The number of benzene rings is 1. The van der Waals surface area contributed by atoms with Crippen LogP contribution in [0, 0.1) is 0 Å². The predicted octanol–water partition coefficient (Wildman–Crippen LogP) is -0.294. The number of fused-ring (bicyclic) bond motifs is 1. The van der Waals surface area contributed by atoms with Crippen molar-refractivity contribution in [3.63, 3.8) is 0 Å². The van der Waals surface area contributed by atoms with E-state index in [-0.39, 0.29) is 12.5 Å². The molecular formula is C15H20N4O4. The molecule has 0 saturated heterocycles. The van der Waals surface area contributed by atoms with Crippen LogP contribution in [0.2, 0.25) is 0 Å². The summed E-state index contributed by atoms with van der Waals surface area (Å²) in [5.74, 6) is -1.07. The molecule has 3 N–H and O–H groups in total. The second-order valence-corrected chi connectivity index (χ2v) is 5.09. The molecule has 124 valence electrons. The monoisotopic (exact) mass is 320 g/mol. The summed E-state index contributed by atoms with van der Waals surface area (Å²) >= 11 is 0. The van der Waals surface area contributed by atoms with Gasteiger partial charge in [-0.05, 0) is 38.2 Å². The molecule has 0 atom stereocenters. The molecule has 0 radical (unpaired) electrons. The summed E-state index contributed by atoms with van der Waals surface area (Å²) in [6.07, 6.45) is 0.735. The Morgan fingerprint density at radius 3 is 2.78 bits per heavy atom. The molecule has 0 saturated carbocycles. The summed E-state index contributed by atoms with van der Waals surface area (Å²) in [7, 11) is 3.44. The predicted molar refractivity (Wildman–Crippen MR) is 85.5 cm³/mol. The lowest BCUT2D eigenvalue weighted by Crippen LogP contribution is -2.37. The highest BCUT2D eigenvalue weighted by Crippen LogP contribution is 2.33. The maximum atomic E-state index is 11.8. The van der Waals surface area contributed by atoms with Gasteiger partial charge in [-0.15, -0.1) is 0 Å². The van der Waals surface area contributed by atoms with E-state index in [1.807, 2.05) is 7.05 Å². The number of rotatable bonds is 5. The molecule has 3 amide bonds. The number of nitrogens with one attached hydrogen (secondary N) is 3. The van der Waals surface area contributed by atoms with E-state index in [0.717, 1.165) is 13.0 Å². The first kappa shape index (κ1) is 16.8. The first-order valence-corrected chi connectivity index (χ1v) is 7.30. The van der Waals surface area contributed by atoms with Crippen molar-refractivity contribution in [3.8, 4) is 5.75 Å². The van der Waals surface area contributed by atoms with Crippen LogP contribution in [0.15, 0.2) is 18.2 Å². The lowest BCUT2D eigenvalue weighted by molar-refractivity contribution is -0.136. The van der Waals surface area contributed by atoms with Gasteiger partial charge in [0.25, 0.3) is 5.91 Å². The van der Waals surface area contributed by atoms with E-state index in [1.54, 1.807) is 25.2 Å². The molecule has 0 bridgehead atoms. The first-order valence-electron chi connectivity index (χ1n) is 7.30. The molecule has 0 aromatic heterocycles. The molecule has 1 aromatic rings. The molecule has 0 unspecified atom stereocenters. The SMILES string of the molecule is CNCCCNC(=O)C(=O)Nc1ccc2c(c1)N(C)C(=O)CO2. The van der Waals surface area contributed by atoms with Gasteiger partial charge in [0.05, 0.1) is 5.69 Å². The number of hydrogen-bond donors (Lipinski definition) is 3. The lowest BCUT2D eigenvalue weighted by atomic mass is 10.2. The molecule has 1 heterocycles. The average Bonchev–Trinajstić information content (AvgIpc) is 2.55. The van der Waals surface area contributed by atoms with Crippen molar-refractivity contribution < 1.29 is 19.1 Å². The Bertz CT molecular complexity index is 617. The smallest absolute Gasteiger partial charge is 0.313 e. The Labute approximate surface area is 134 Å². The number of nitrogens with zero attached hydrogens (tertiary/aromatic N) is 1. The molecule has 2 rings (SSSR count). The van der Waals surface area contributed by atoms with E-state index >= 15 is 0 Å². The van der Waals surface area contributed by atoms with Crippen molar-refractivity contribution in [1.82, 2.24) is 10.6 Å². The molecule has 0 fully saturated rings. The van der Waals surface area contributed by atoms with Crippen molar-refractivity contribution in [1.29, 1.82) is 0 Å². The second-order valence-electron chi connectivity index (χ2n) is 5.09. The zero-order chi connectivity index (χ0) is 16.8. The topological polar surface area (TPSA) is 99.8 Å². The Morgan fingerprint density at radius 2 is 2.04 bits per heavy atom. The quantitative estimate of drug-likeness (QED) is 0.511. The lowest BCUT2D eigenvalue weighted by Gasteiger charge is -2.26. The maximum absolute atomic E-state index is 11.8. The highest BCUT2D eigenvalue weighted by atomic mass is 16.5. The van der Waals surface area contributed by atoms with Gasteiger partial charge in [0.1, 0.15) is 5.75 Å². The summed E-state index contributed by atoms with van der Waals surface area (Å²) in [4.78, 5) is 36.6. The largest absolute Gasteiger partial charge is 0.482 e. The van der Waals surface area contributed by atoms with Crippen molar-refractivity contribution in [2.24, 2.45) is 0 Å². The highest BCUT2D eigenvalue weighted by molar-refractivity contribution is 6.39. The van der Waals surface area contributed by atoms with E-state index in [2.05, 4.69) is 16.0 Å². The molecule has 1 aliphatic heterocycles. The van der Waals surface area contributed by atoms with Crippen LogP contribution in [0.25, 0.3) is 0 Å². The summed E-state index contributed by atoms with van der Waals surface area (Å²) < 4.78 is 5.30. The van der Waals surface area contributed by atoms with Crippen LogP contribution in [-0.2, 0) is 14.4 Å². The number of likely N-dealkylation sites (N-methyl/N-ethyl adjacent to an activating group) is 1. The van der Waals surface area contributed by atoms with E-state index in [0.29, 0.717) is 23.7 Å². The van der Waals surface area contributed by atoms with Crippen molar-refractivity contribution >= 4 is 29.1 Å². The Kier molecular flexibility index (Phi) is 5.53. The van der Waals surface area contributed by atoms with Gasteiger partial charge < -0.3 is 25.6 Å². The molecule has 8 nitrogen and oxygen atoms in total. The minimum absolute atomic E-state index is 0.00969. The third kappa shape index (κ3) is 4.19. The number of carbonyl (C=O) groups excluding carboxylic acids is 3. The number of hydrogen-bond acceptors (Lipinski definition) is 5. The first-order chi connectivity index (χ1) is 11.0. The van der Waals surface area contributed by atoms with E-state index < -0.39 is 11.8 Å². The fraction of sp³-hybridized carbons (Fsp3) is 0.400. The van der Waals surface area contributed by atoms with Crippen LogP contribution >= 0.6 is 0 Å².